The Labute approximate surface area is 87.5 Å². The Hall–Kier alpha value is -1.97. The minimum Gasteiger partial charge on any atom is -0.303 e. The van der Waals surface area contributed by atoms with Crippen LogP contribution in [-0.2, 0) is 11.2 Å². The molecule has 0 aliphatic carbocycles. The van der Waals surface area contributed by atoms with Crippen LogP contribution in [0.1, 0.15) is 11.3 Å². The molecule has 15 heavy (non-hydrogen) atoms. The minimum atomic E-state index is 0.334. The number of hydrogen-bond donors (Lipinski definition) is 0. The maximum atomic E-state index is 10.5. The number of aldehydes is 1. The summed E-state index contributed by atoms with van der Waals surface area (Å²) in [4.78, 5) is 10.5. The Bertz CT molecular complexity index is 476. The predicted octanol–water partition coefficient (Wildman–Crippen LogP) is 1.32. The first-order chi connectivity index (χ1) is 7.31. The molecule has 0 N–H and O–H groups in total. The van der Waals surface area contributed by atoms with Gasteiger partial charge in [0.2, 0.25) is 0 Å². The largest absolute Gasteiger partial charge is 0.303 e. The lowest BCUT2D eigenvalue weighted by molar-refractivity contribution is -0.107. The third kappa shape index (κ3) is 1.93. The van der Waals surface area contributed by atoms with Crippen LogP contribution in [0.3, 0.4) is 0 Å². The van der Waals surface area contributed by atoms with Crippen molar-refractivity contribution < 1.29 is 4.79 Å². The molecule has 0 aliphatic rings. The lowest BCUT2D eigenvalue weighted by atomic mass is 10.2. The van der Waals surface area contributed by atoms with Crippen LogP contribution in [0.2, 0.25) is 0 Å². The van der Waals surface area contributed by atoms with Crippen molar-refractivity contribution in [2.24, 2.45) is 0 Å². The van der Waals surface area contributed by atoms with Crippen molar-refractivity contribution in [1.29, 1.82) is 0 Å². The first-order valence-electron chi connectivity index (χ1n) is 4.71. The van der Waals surface area contributed by atoms with Gasteiger partial charge in [-0.2, -0.15) is 0 Å². The molecule has 0 aliphatic heterocycles. The Balaban J connectivity index is 2.44. The lowest BCUT2D eigenvalue weighted by Crippen LogP contribution is -2.02. The average Bonchev–Trinajstić information content (AvgIpc) is 2.66. The molecule has 0 atom stereocenters. The van der Waals surface area contributed by atoms with Gasteiger partial charge in [0, 0.05) is 6.42 Å². The molecule has 4 nitrogen and oxygen atoms in total. The van der Waals surface area contributed by atoms with Crippen LogP contribution < -0.4 is 0 Å². The third-order valence-corrected chi connectivity index (χ3v) is 2.16. The molecule has 1 aromatic heterocycles. The number of benzene rings is 1. The molecule has 0 bridgehead atoms. The summed E-state index contributed by atoms with van der Waals surface area (Å²) < 4.78 is 1.68. The molecule has 1 aromatic carbocycles. The van der Waals surface area contributed by atoms with E-state index < -0.39 is 0 Å². The molecule has 0 amide bonds. The fourth-order valence-electron chi connectivity index (χ4n) is 1.46. The molecule has 2 rings (SSSR count). The van der Waals surface area contributed by atoms with Crippen molar-refractivity contribution in [2.75, 3.05) is 0 Å². The molecule has 0 fully saturated rings. The van der Waals surface area contributed by atoms with Gasteiger partial charge in [-0.25, -0.2) is 4.68 Å². The van der Waals surface area contributed by atoms with Crippen LogP contribution >= 0.6 is 0 Å². The summed E-state index contributed by atoms with van der Waals surface area (Å²) in [5.74, 6) is 0. The second-order valence-electron chi connectivity index (χ2n) is 3.35. The first-order valence-corrected chi connectivity index (χ1v) is 4.71. The fourth-order valence-corrected chi connectivity index (χ4v) is 1.46. The summed E-state index contributed by atoms with van der Waals surface area (Å²) in [6, 6.07) is 7.91. The summed E-state index contributed by atoms with van der Waals surface area (Å²) in [6.07, 6.45) is 2.79. The third-order valence-electron chi connectivity index (χ3n) is 2.16. The Morgan fingerprint density at radius 1 is 1.47 bits per heavy atom. The summed E-state index contributed by atoms with van der Waals surface area (Å²) in [6.45, 7) is 2.01. The highest BCUT2D eigenvalue weighted by molar-refractivity contribution is 5.54. The fraction of sp³-hybridized carbons (Fsp3) is 0.182. The van der Waals surface area contributed by atoms with E-state index in [4.69, 9.17) is 0 Å². The average molecular weight is 201 g/mol. The molecule has 76 valence electrons. The topological polar surface area (TPSA) is 47.8 Å². The molecule has 0 saturated carbocycles. The molecule has 0 spiro atoms. The van der Waals surface area contributed by atoms with Gasteiger partial charge in [-0.1, -0.05) is 17.3 Å². The zero-order chi connectivity index (χ0) is 10.7. The quantitative estimate of drug-likeness (QED) is 0.703. The molecule has 0 unspecified atom stereocenters. The van der Waals surface area contributed by atoms with E-state index in [1.54, 1.807) is 10.9 Å². The first kappa shape index (κ1) is 9.58. The van der Waals surface area contributed by atoms with Crippen molar-refractivity contribution in [3.8, 4) is 5.69 Å². The van der Waals surface area contributed by atoms with Crippen LogP contribution in [0, 0.1) is 6.92 Å². The number of aryl methyl sites for hydroxylation is 1. The number of aromatic nitrogens is 3. The van der Waals surface area contributed by atoms with Gasteiger partial charge < -0.3 is 4.79 Å². The number of nitrogens with zero attached hydrogens (tertiary/aromatic N) is 3. The van der Waals surface area contributed by atoms with Crippen LogP contribution in [-0.4, -0.2) is 21.3 Å². The summed E-state index contributed by atoms with van der Waals surface area (Å²) in [5, 5.41) is 7.75. The van der Waals surface area contributed by atoms with Gasteiger partial charge in [0.05, 0.1) is 17.6 Å². The SMILES string of the molecule is Cc1cccc(-n2nncc2CC=O)c1. The highest BCUT2D eigenvalue weighted by Crippen LogP contribution is 2.11. The Kier molecular flexibility index (Phi) is 2.58. The van der Waals surface area contributed by atoms with E-state index in [0.29, 0.717) is 6.42 Å². The van der Waals surface area contributed by atoms with Crippen molar-refractivity contribution >= 4 is 6.29 Å². The summed E-state index contributed by atoms with van der Waals surface area (Å²) in [5.41, 5.74) is 2.89. The van der Waals surface area contributed by atoms with Crippen LogP contribution in [0.4, 0.5) is 0 Å². The van der Waals surface area contributed by atoms with Crippen molar-refractivity contribution in [1.82, 2.24) is 15.0 Å². The molecular weight excluding hydrogens is 190 g/mol. The van der Waals surface area contributed by atoms with E-state index in [1.165, 1.54) is 0 Å². The zero-order valence-electron chi connectivity index (χ0n) is 8.42. The highest BCUT2D eigenvalue weighted by Gasteiger charge is 2.04. The van der Waals surface area contributed by atoms with E-state index in [1.807, 2.05) is 31.2 Å². The minimum absolute atomic E-state index is 0.334. The molecule has 0 radical (unpaired) electrons. The second-order valence-corrected chi connectivity index (χ2v) is 3.35. The lowest BCUT2D eigenvalue weighted by Gasteiger charge is -2.04. The maximum absolute atomic E-state index is 10.5. The van der Waals surface area contributed by atoms with Gasteiger partial charge in [0.1, 0.15) is 6.29 Å². The van der Waals surface area contributed by atoms with Gasteiger partial charge in [-0.15, -0.1) is 5.10 Å². The van der Waals surface area contributed by atoms with Crippen LogP contribution in [0.15, 0.2) is 30.5 Å². The Morgan fingerprint density at radius 3 is 3.07 bits per heavy atom. The van der Waals surface area contributed by atoms with E-state index in [0.717, 1.165) is 23.2 Å². The number of carbonyl (C=O) groups is 1. The molecule has 1 heterocycles. The van der Waals surface area contributed by atoms with Crippen molar-refractivity contribution in [2.45, 2.75) is 13.3 Å². The number of rotatable bonds is 3. The van der Waals surface area contributed by atoms with Gasteiger partial charge in [-0.05, 0) is 24.6 Å². The predicted molar refractivity (Wildman–Crippen MR) is 55.9 cm³/mol. The van der Waals surface area contributed by atoms with Crippen molar-refractivity contribution in [3.05, 3.63) is 41.7 Å². The van der Waals surface area contributed by atoms with Gasteiger partial charge >= 0.3 is 0 Å². The number of carbonyl (C=O) groups excluding carboxylic acids is 1. The highest BCUT2D eigenvalue weighted by atomic mass is 16.1. The van der Waals surface area contributed by atoms with Crippen molar-refractivity contribution in [3.63, 3.8) is 0 Å². The molecule has 2 aromatic rings. The number of hydrogen-bond acceptors (Lipinski definition) is 3. The monoisotopic (exact) mass is 201 g/mol. The standard InChI is InChI=1S/C11H11N3O/c1-9-3-2-4-10(7-9)14-11(5-6-15)8-12-13-14/h2-4,6-8H,5H2,1H3. The summed E-state index contributed by atoms with van der Waals surface area (Å²) >= 11 is 0. The van der Waals surface area contributed by atoms with Gasteiger partial charge in [0.15, 0.2) is 0 Å². The van der Waals surface area contributed by atoms with E-state index in [2.05, 4.69) is 10.3 Å². The van der Waals surface area contributed by atoms with E-state index in [9.17, 15) is 4.79 Å². The van der Waals surface area contributed by atoms with Gasteiger partial charge in [-0.3, -0.25) is 0 Å². The van der Waals surface area contributed by atoms with E-state index in [-0.39, 0.29) is 0 Å². The second kappa shape index (κ2) is 4.04. The van der Waals surface area contributed by atoms with Crippen LogP contribution in [0.5, 0.6) is 0 Å². The molecular formula is C11H11N3O. The Morgan fingerprint density at radius 2 is 2.33 bits per heavy atom. The zero-order valence-corrected chi connectivity index (χ0v) is 8.42. The maximum Gasteiger partial charge on any atom is 0.126 e. The normalized spacial score (nSPS) is 10.2. The molecule has 0 saturated heterocycles. The van der Waals surface area contributed by atoms with Gasteiger partial charge in [0.25, 0.3) is 0 Å². The van der Waals surface area contributed by atoms with Crippen LogP contribution in [0.25, 0.3) is 5.69 Å². The van der Waals surface area contributed by atoms with E-state index >= 15 is 0 Å². The molecule has 4 heteroatoms. The summed E-state index contributed by atoms with van der Waals surface area (Å²) in [7, 11) is 0. The smallest absolute Gasteiger partial charge is 0.126 e.